The molecule has 1 aromatic carbocycles. The highest BCUT2D eigenvalue weighted by Crippen LogP contribution is 2.25. The third-order valence-electron chi connectivity index (χ3n) is 2.70. The van der Waals surface area contributed by atoms with Crippen molar-refractivity contribution in [1.82, 2.24) is 5.32 Å². The zero-order chi connectivity index (χ0) is 13.9. The lowest BCUT2D eigenvalue weighted by atomic mass is 10.0. The van der Waals surface area contributed by atoms with Crippen LogP contribution in [0.5, 0.6) is 0 Å². The first-order valence-electron chi connectivity index (χ1n) is 5.49. The highest BCUT2D eigenvalue weighted by molar-refractivity contribution is 5.72. The topological polar surface area (TPSA) is 95.6 Å². The van der Waals surface area contributed by atoms with Gasteiger partial charge in [-0.15, -0.1) is 0 Å². The van der Waals surface area contributed by atoms with E-state index in [-0.39, 0.29) is 29.3 Å². The quantitative estimate of drug-likeness (QED) is 0.581. The number of nitrogens with two attached hydrogens (primary N) is 1. The second-order valence-electron chi connectivity index (χ2n) is 4.13. The Bertz CT molecular complexity index is 451. The minimum Gasteiger partial charge on any atom is -0.398 e. The summed E-state index contributed by atoms with van der Waals surface area (Å²) >= 11 is 0. The van der Waals surface area contributed by atoms with Crippen molar-refractivity contribution in [3.63, 3.8) is 0 Å². The monoisotopic (exact) mass is 256 g/mol. The molecule has 0 bridgehead atoms. The minimum absolute atomic E-state index is 0.0421. The summed E-state index contributed by atoms with van der Waals surface area (Å²) < 4.78 is 13.8. The number of nitrogens with one attached hydrogen (secondary N) is 1. The summed E-state index contributed by atoms with van der Waals surface area (Å²) in [6.45, 7) is 2.62. The van der Waals surface area contributed by atoms with Crippen LogP contribution in [0.15, 0.2) is 12.1 Å². The third kappa shape index (κ3) is 3.18. The smallest absolute Gasteiger partial charge is 0.216 e. The molecule has 6 heteroatoms. The summed E-state index contributed by atoms with van der Waals surface area (Å²) in [5.41, 5.74) is 5.98. The Labute approximate surface area is 104 Å². The number of benzene rings is 1. The number of carbonyl (C=O) groups excluding carboxylic acids is 1. The minimum atomic E-state index is -1.42. The van der Waals surface area contributed by atoms with Crippen molar-refractivity contribution in [3.8, 4) is 0 Å². The number of hydrogen-bond donors (Lipinski definition) is 4. The van der Waals surface area contributed by atoms with Crippen LogP contribution in [0.2, 0.25) is 0 Å². The Kier molecular flexibility index (Phi) is 4.63. The van der Waals surface area contributed by atoms with Crippen LogP contribution < -0.4 is 11.1 Å². The van der Waals surface area contributed by atoms with E-state index in [0.717, 1.165) is 0 Å². The maximum absolute atomic E-state index is 13.8. The molecule has 0 aliphatic rings. The summed E-state index contributed by atoms with van der Waals surface area (Å²) in [6, 6.07) is 2.78. The van der Waals surface area contributed by atoms with E-state index in [4.69, 9.17) is 5.73 Å². The maximum Gasteiger partial charge on any atom is 0.216 e. The van der Waals surface area contributed by atoms with Gasteiger partial charge in [-0.05, 0) is 13.0 Å². The largest absolute Gasteiger partial charge is 0.398 e. The van der Waals surface area contributed by atoms with Gasteiger partial charge < -0.3 is 21.3 Å². The Morgan fingerprint density at radius 2 is 2.11 bits per heavy atom. The number of amides is 1. The van der Waals surface area contributed by atoms with Crippen LogP contribution in [0.25, 0.3) is 0 Å². The fourth-order valence-corrected chi connectivity index (χ4v) is 1.52. The van der Waals surface area contributed by atoms with Crippen LogP contribution in [0.1, 0.15) is 24.2 Å². The van der Waals surface area contributed by atoms with E-state index in [9.17, 15) is 19.4 Å². The van der Waals surface area contributed by atoms with Crippen LogP contribution in [0, 0.1) is 12.7 Å². The van der Waals surface area contributed by atoms with Gasteiger partial charge in [0.2, 0.25) is 5.91 Å². The molecule has 0 saturated heterocycles. The normalized spacial score (nSPS) is 14.1. The van der Waals surface area contributed by atoms with Gasteiger partial charge in [-0.3, -0.25) is 4.79 Å². The van der Waals surface area contributed by atoms with Gasteiger partial charge in [0.25, 0.3) is 0 Å². The van der Waals surface area contributed by atoms with E-state index >= 15 is 0 Å². The number of rotatable bonds is 4. The summed E-state index contributed by atoms with van der Waals surface area (Å²) in [5.74, 6) is -0.986. The molecule has 2 unspecified atom stereocenters. The van der Waals surface area contributed by atoms with Crippen molar-refractivity contribution in [2.75, 3.05) is 12.3 Å². The Morgan fingerprint density at radius 3 is 2.67 bits per heavy atom. The van der Waals surface area contributed by atoms with Gasteiger partial charge in [-0.25, -0.2) is 4.39 Å². The number of halogens is 1. The van der Waals surface area contributed by atoms with Crippen molar-refractivity contribution in [2.45, 2.75) is 26.1 Å². The standard InChI is InChI=1S/C12H17FN2O3/c1-6-9(14)4-3-8(11(6)13)12(18)10(17)5-15-7(2)16/h3-4,10,12,17-18H,5,14H2,1-2H3,(H,15,16). The zero-order valence-electron chi connectivity index (χ0n) is 10.3. The molecule has 2 atom stereocenters. The van der Waals surface area contributed by atoms with Crippen molar-refractivity contribution in [2.24, 2.45) is 0 Å². The molecule has 0 heterocycles. The molecule has 5 N–H and O–H groups in total. The van der Waals surface area contributed by atoms with Gasteiger partial charge >= 0.3 is 0 Å². The van der Waals surface area contributed by atoms with E-state index in [0.29, 0.717) is 0 Å². The van der Waals surface area contributed by atoms with Crippen molar-refractivity contribution < 1.29 is 19.4 Å². The fraction of sp³-hybridized carbons (Fsp3) is 0.417. The molecule has 0 saturated carbocycles. The molecule has 0 radical (unpaired) electrons. The number of aliphatic hydroxyl groups excluding tert-OH is 2. The predicted octanol–water partition coefficient (Wildman–Crippen LogP) is 0.247. The molecule has 1 amide bonds. The van der Waals surface area contributed by atoms with E-state index in [2.05, 4.69) is 5.32 Å². The van der Waals surface area contributed by atoms with Crippen LogP contribution in [0.4, 0.5) is 10.1 Å². The molecule has 0 aromatic heterocycles. The van der Waals surface area contributed by atoms with Gasteiger partial charge in [0.15, 0.2) is 0 Å². The van der Waals surface area contributed by atoms with Gasteiger partial charge in [0, 0.05) is 30.3 Å². The van der Waals surface area contributed by atoms with Crippen LogP contribution in [-0.4, -0.2) is 28.8 Å². The lowest BCUT2D eigenvalue weighted by molar-refractivity contribution is -0.119. The number of aliphatic hydroxyl groups is 2. The van der Waals surface area contributed by atoms with Gasteiger partial charge in [-0.1, -0.05) is 6.07 Å². The van der Waals surface area contributed by atoms with Crippen LogP contribution >= 0.6 is 0 Å². The number of nitrogen functional groups attached to an aromatic ring is 1. The Morgan fingerprint density at radius 1 is 1.50 bits per heavy atom. The number of carbonyl (C=O) groups is 1. The highest BCUT2D eigenvalue weighted by Gasteiger charge is 2.23. The first-order valence-corrected chi connectivity index (χ1v) is 5.49. The molecule has 0 fully saturated rings. The zero-order valence-corrected chi connectivity index (χ0v) is 10.3. The SMILES string of the molecule is CC(=O)NCC(O)C(O)c1ccc(N)c(C)c1F. The lowest BCUT2D eigenvalue weighted by Gasteiger charge is -2.20. The molecule has 1 aromatic rings. The highest BCUT2D eigenvalue weighted by atomic mass is 19.1. The third-order valence-corrected chi connectivity index (χ3v) is 2.70. The molecule has 18 heavy (non-hydrogen) atoms. The molecule has 0 spiro atoms. The summed E-state index contributed by atoms with van der Waals surface area (Å²) in [5, 5.41) is 21.8. The average molecular weight is 256 g/mol. The van der Waals surface area contributed by atoms with Crippen LogP contribution in [-0.2, 0) is 4.79 Å². The first-order chi connectivity index (χ1) is 8.34. The molecule has 0 aliphatic heterocycles. The van der Waals surface area contributed by atoms with E-state index in [1.165, 1.54) is 26.0 Å². The number of anilines is 1. The van der Waals surface area contributed by atoms with E-state index in [1.54, 1.807) is 0 Å². The van der Waals surface area contributed by atoms with Crippen molar-refractivity contribution in [1.29, 1.82) is 0 Å². The predicted molar refractivity (Wildman–Crippen MR) is 65.2 cm³/mol. The van der Waals surface area contributed by atoms with Gasteiger partial charge in [0.05, 0.1) is 0 Å². The van der Waals surface area contributed by atoms with Gasteiger partial charge in [0.1, 0.15) is 18.0 Å². The van der Waals surface area contributed by atoms with Crippen LogP contribution in [0.3, 0.4) is 0 Å². The van der Waals surface area contributed by atoms with E-state index < -0.39 is 18.0 Å². The number of hydrogen-bond acceptors (Lipinski definition) is 4. The van der Waals surface area contributed by atoms with E-state index in [1.807, 2.05) is 0 Å². The first kappa shape index (κ1) is 14.4. The summed E-state index contributed by atoms with van der Waals surface area (Å²) in [4.78, 5) is 10.7. The molecule has 0 aliphatic carbocycles. The fourth-order valence-electron chi connectivity index (χ4n) is 1.52. The van der Waals surface area contributed by atoms with Gasteiger partial charge in [-0.2, -0.15) is 0 Å². The summed E-state index contributed by atoms with van der Waals surface area (Å²) in [7, 11) is 0. The molecular formula is C12H17FN2O3. The summed E-state index contributed by atoms with van der Waals surface area (Å²) in [6.07, 6.45) is -2.71. The average Bonchev–Trinajstić information content (AvgIpc) is 2.32. The Balaban J connectivity index is 2.86. The Hall–Kier alpha value is -1.66. The second kappa shape index (κ2) is 5.79. The van der Waals surface area contributed by atoms with Crippen molar-refractivity contribution >= 4 is 11.6 Å². The lowest BCUT2D eigenvalue weighted by Crippen LogP contribution is -2.34. The second-order valence-corrected chi connectivity index (χ2v) is 4.13. The molecule has 5 nitrogen and oxygen atoms in total. The maximum atomic E-state index is 13.8. The molecular weight excluding hydrogens is 239 g/mol. The molecule has 1 rings (SSSR count). The molecule has 100 valence electrons. The van der Waals surface area contributed by atoms with Crippen molar-refractivity contribution in [3.05, 3.63) is 29.1 Å².